The lowest BCUT2D eigenvalue weighted by Crippen LogP contribution is -2.22. The first-order valence-electron chi connectivity index (χ1n) is 3.78. The largest absolute Gasteiger partial charge is 0.340 e. The smallest absolute Gasteiger partial charge is 0.262 e. The van der Waals surface area contributed by atoms with Crippen molar-refractivity contribution in [2.75, 3.05) is 6.54 Å². The molecule has 13 heavy (non-hydrogen) atoms. The van der Waals surface area contributed by atoms with Gasteiger partial charge in [0, 0.05) is 11.4 Å². The maximum atomic E-state index is 11.3. The highest BCUT2D eigenvalue weighted by Crippen LogP contribution is 2.15. The monoisotopic (exact) mass is 194 g/mol. The summed E-state index contributed by atoms with van der Waals surface area (Å²) in [5, 5.41) is 2.58. The Hall–Kier alpha value is -1.31. The molecule has 0 unspecified atom stereocenters. The second-order valence-corrected chi connectivity index (χ2v) is 3.53. The molecule has 0 bridgehead atoms. The third-order valence-electron chi connectivity index (χ3n) is 1.44. The quantitative estimate of drug-likeness (QED) is 0.691. The molecular weight excluding hydrogens is 184 g/mol. The minimum atomic E-state index is -0.136. The Bertz CT molecular complexity index is 338. The van der Waals surface area contributed by atoms with Gasteiger partial charge in [-0.3, -0.25) is 4.79 Å². The molecule has 1 aromatic heterocycles. The van der Waals surface area contributed by atoms with Gasteiger partial charge in [-0.25, -0.2) is 0 Å². The summed E-state index contributed by atoms with van der Waals surface area (Å²) in [6, 6.07) is 3.59. The van der Waals surface area contributed by atoms with Crippen LogP contribution < -0.4 is 11.1 Å². The van der Waals surface area contributed by atoms with Crippen LogP contribution in [0, 0.1) is 12.3 Å². The molecule has 3 nitrogen and oxygen atoms in total. The number of hydrogen-bond acceptors (Lipinski definition) is 3. The van der Waals surface area contributed by atoms with Crippen molar-refractivity contribution in [3.05, 3.63) is 21.9 Å². The van der Waals surface area contributed by atoms with Crippen LogP contribution in [0.1, 0.15) is 14.5 Å². The summed E-state index contributed by atoms with van der Waals surface area (Å²) in [6.07, 6.45) is 5.00. The molecule has 0 saturated carbocycles. The molecule has 0 aliphatic carbocycles. The summed E-state index contributed by atoms with van der Waals surface area (Å²) in [5.41, 5.74) is 5.41. The van der Waals surface area contributed by atoms with Gasteiger partial charge in [0.25, 0.3) is 5.91 Å². The van der Waals surface area contributed by atoms with Gasteiger partial charge in [0.2, 0.25) is 0 Å². The lowest BCUT2D eigenvalue weighted by Gasteiger charge is -1.96. The molecule has 4 heteroatoms. The molecule has 0 fully saturated rings. The van der Waals surface area contributed by atoms with E-state index in [0.29, 0.717) is 11.4 Å². The summed E-state index contributed by atoms with van der Waals surface area (Å²) in [5.74, 6) is 2.20. The molecule has 0 aromatic carbocycles. The molecular formula is C9H10N2OS. The minimum Gasteiger partial charge on any atom is -0.340 e. The predicted octanol–water partition coefficient (Wildman–Crippen LogP) is 0.570. The van der Waals surface area contributed by atoms with E-state index < -0.39 is 0 Å². The molecule has 68 valence electrons. The zero-order chi connectivity index (χ0) is 9.68. The van der Waals surface area contributed by atoms with Crippen molar-refractivity contribution in [2.45, 2.75) is 6.54 Å². The van der Waals surface area contributed by atoms with Gasteiger partial charge in [-0.15, -0.1) is 17.8 Å². The Balaban J connectivity index is 2.62. The van der Waals surface area contributed by atoms with Crippen molar-refractivity contribution in [2.24, 2.45) is 5.73 Å². The van der Waals surface area contributed by atoms with E-state index in [1.807, 2.05) is 6.07 Å². The first-order valence-corrected chi connectivity index (χ1v) is 4.60. The topological polar surface area (TPSA) is 55.1 Å². The molecule has 1 amide bonds. The maximum absolute atomic E-state index is 11.3. The predicted molar refractivity (Wildman–Crippen MR) is 53.4 cm³/mol. The van der Waals surface area contributed by atoms with E-state index in [1.54, 1.807) is 6.07 Å². The van der Waals surface area contributed by atoms with Gasteiger partial charge in [0.1, 0.15) is 0 Å². The number of nitrogens with two attached hydrogens (primary N) is 1. The zero-order valence-corrected chi connectivity index (χ0v) is 7.86. The number of carbonyl (C=O) groups excluding carboxylic acids is 1. The maximum Gasteiger partial charge on any atom is 0.262 e. The van der Waals surface area contributed by atoms with Crippen molar-refractivity contribution < 1.29 is 4.79 Å². The number of nitrogens with one attached hydrogen (secondary N) is 1. The van der Waals surface area contributed by atoms with Gasteiger partial charge in [-0.2, -0.15) is 0 Å². The van der Waals surface area contributed by atoms with Crippen LogP contribution in [0.3, 0.4) is 0 Å². The summed E-state index contributed by atoms with van der Waals surface area (Å²) < 4.78 is 0. The highest BCUT2D eigenvalue weighted by atomic mass is 32.1. The molecule has 0 saturated heterocycles. The van der Waals surface area contributed by atoms with Crippen LogP contribution in [-0.4, -0.2) is 12.5 Å². The first-order chi connectivity index (χ1) is 6.27. The van der Waals surface area contributed by atoms with Crippen molar-refractivity contribution in [3.63, 3.8) is 0 Å². The number of carbonyl (C=O) groups is 1. The SMILES string of the molecule is C#CCNC(=O)c1ccc(CN)s1. The fourth-order valence-electron chi connectivity index (χ4n) is 0.828. The second-order valence-electron chi connectivity index (χ2n) is 2.36. The highest BCUT2D eigenvalue weighted by molar-refractivity contribution is 7.14. The molecule has 0 aliphatic rings. The van der Waals surface area contributed by atoms with Gasteiger partial charge >= 0.3 is 0 Å². The van der Waals surface area contributed by atoms with Gasteiger partial charge in [0.15, 0.2) is 0 Å². The van der Waals surface area contributed by atoms with Gasteiger partial charge in [0.05, 0.1) is 11.4 Å². The summed E-state index contributed by atoms with van der Waals surface area (Å²) in [6.45, 7) is 0.724. The van der Waals surface area contributed by atoms with Crippen LogP contribution in [0.2, 0.25) is 0 Å². The molecule has 0 spiro atoms. The molecule has 3 N–H and O–H groups in total. The van der Waals surface area contributed by atoms with Crippen LogP contribution in [0.15, 0.2) is 12.1 Å². The number of terminal acetylenes is 1. The van der Waals surface area contributed by atoms with Crippen LogP contribution in [0.5, 0.6) is 0 Å². The normalized spacial score (nSPS) is 9.23. The van der Waals surface area contributed by atoms with Gasteiger partial charge < -0.3 is 11.1 Å². The number of rotatable bonds is 3. The van der Waals surface area contributed by atoms with Crippen molar-refractivity contribution in [1.29, 1.82) is 0 Å². The number of hydrogen-bond donors (Lipinski definition) is 2. The van der Waals surface area contributed by atoms with E-state index >= 15 is 0 Å². The number of amides is 1. The van der Waals surface area contributed by atoms with E-state index in [9.17, 15) is 4.79 Å². The fourth-order valence-corrected chi connectivity index (χ4v) is 1.63. The fraction of sp³-hybridized carbons (Fsp3) is 0.222. The Labute approximate surface area is 80.9 Å². The summed E-state index contributed by atoms with van der Waals surface area (Å²) >= 11 is 1.39. The lowest BCUT2D eigenvalue weighted by molar-refractivity contribution is 0.0963. The van der Waals surface area contributed by atoms with Crippen molar-refractivity contribution >= 4 is 17.2 Å². The molecule has 1 aromatic rings. The van der Waals surface area contributed by atoms with Crippen molar-refractivity contribution in [3.8, 4) is 12.3 Å². The van der Waals surface area contributed by atoms with Crippen LogP contribution in [-0.2, 0) is 6.54 Å². The third-order valence-corrected chi connectivity index (χ3v) is 2.54. The van der Waals surface area contributed by atoms with Crippen molar-refractivity contribution in [1.82, 2.24) is 5.32 Å². The highest BCUT2D eigenvalue weighted by Gasteiger charge is 2.06. The van der Waals surface area contributed by atoms with E-state index in [1.165, 1.54) is 11.3 Å². The van der Waals surface area contributed by atoms with E-state index in [4.69, 9.17) is 12.2 Å². The van der Waals surface area contributed by atoms with E-state index in [-0.39, 0.29) is 12.5 Å². The molecule has 1 rings (SSSR count). The summed E-state index contributed by atoms with van der Waals surface area (Å²) in [4.78, 5) is 12.9. The van der Waals surface area contributed by atoms with E-state index in [0.717, 1.165) is 4.88 Å². The average molecular weight is 194 g/mol. The molecule has 1 heterocycles. The Kier molecular flexibility index (Phi) is 3.50. The average Bonchev–Trinajstić information content (AvgIpc) is 2.62. The lowest BCUT2D eigenvalue weighted by atomic mass is 10.4. The molecule has 0 aliphatic heterocycles. The Morgan fingerprint density at radius 1 is 1.69 bits per heavy atom. The first kappa shape index (κ1) is 9.78. The van der Waals surface area contributed by atoms with Crippen LogP contribution in [0.25, 0.3) is 0 Å². The minimum absolute atomic E-state index is 0.136. The van der Waals surface area contributed by atoms with E-state index in [2.05, 4.69) is 11.2 Å². The Morgan fingerprint density at radius 2 is 2.46 bits per heavy atom. The van der Waals surface area contributed by atoms with Gasteiger partial charge in [-0.1, -0.05) is 5.92 Å². The third kappa shape index (κ3) is 2.58. The second kappa shape index (κ2) is 4.65. The van der Waals surface area contributed by atoms with Gasteiger partial charge in [-0.05, 0) is 12.1 Å². The summed E-state index contributed by atoms with van der Waals surface area (Å²) in [7, 11) is 0. The van der Waals surface area contributed by atoms with Crippen LogP contribution in [0.4, 0.5) is 0 Å². The standard InChI is InChI=1S/C9H10N2OS/c1-2-5-11-9(12)8-4-3-7(6-10)13-8/h1,3-4H,5-6,10H2,(H,11,12). The Morgan fingerprint density at radius 3 is 3.00 bits per heavy atom. The molecule has 0 atom stereocenters. The van der Waals surface area contributed by atoms with Crippen LogP contribution >= 0.6 is 11.3 Å². The molecule has 0 radical (unpaired) electrons. The number of thiophene rings is 1. The zero-order valence-electron chi connectivity index (χ0n) is 7.04.